The van der Waals surface area contributed by atoms with Crippen molar-refractivity contribution in [2.45, 2.75) is 13.8 Å². The van der Waals surface area contributed by atoms with E-state index < -0.39 is 0 Å². The van der Waals surface area contributed by atoms with Gasteiger partial charge >= 0.3 is 0 Å². The minimum absolute atomic E-state index is 0.0565. The summed E-state index contributed by atoms with van der Waals surface area (Å²) in [5.74, 6) is 1.56. The van der Waals surface area contributed by atoms with Crippen molar-refractivity contribution in [3.05, 3.63) is 58.1 Å². The normalized spacial score (nSPS) is 10.2. The lowest BCUT2D eigenvalue weighted by atomic mass is 10.1. The summed E-state index contributed by atoms with van der Waals surface area (Å²) in [5, 5.41) is 0. The highest BCUT2D eigenvalue weighted by Gasteiger charge is 2.02. The van der Waals surface area contributed by atoms with Gasteiger partial charge in [0, 0.05) is 10.0 Å². The molecule has 0 N–H and O–H groups in total. The molecule has 0 amide bonds. The Kier molecular flexibility index (Phi) is 3.82. The molecule has 2 aromatic rings. The van der Waals surface area contributed by atoms with Crippen LogP contribution in [0.1, 0.15) is 22.8 Å². The predicted octanol–water partition coefficient (Wildman–Crippen LogP) is 4.75. The highest BCUT2D eigenvalue weighted by molar-refractivity contribution is 9.10. The molecule has 2 nitrogen and oxygen atoms in total. The molecule has 3 heteroatoms. The fourth-order valence-electron chi connectivity index (χ4n) is 1.57. The van der Waals surface area contributed by atoms with Crippen LogP contribution in [-0.2, 0) is 0 Å². The number of carbonyl (C=O) groups is 1. The van der Waals surface area contributed by atoms with Gasteiger partial charge in [0.2, 0.25) is 0 Å². The fourth-order valence-corrected chi connectivity index (χ4v) is 1.82. The molecule has 0 fully saturated rings. The summed E-state index contributed by atoms with van der Waals surface area (Å²) in [6.07, 6.45) is 0. The lowest BCUT2D eigenvalue weighted by molar-refractivity contribution is 0.101. The second-order valence-corrected chi connectivity index (χ2v) is 4.95. The molecule has 2 aromatic carbocycles. The number of halogens is 1. The van der Waals surface area contributed by atoms with Gasteiger partial charge in [-0.15, -0.1) is 0 Å². The quantitative estimate of drug-likeness (QED) is 0.765. The topological polar surface area (TPSA) is 26.3 Å². The molecular weight excluding hydrogens is 292 g/mol. The van der Waals surface area contributed by atoms with E-state index in [9.17, 15) is 4.79 Å². The minimum atomic E-state index is 0.0565. The Morgan fingerprint density at radius 1 is 1.06 bits per heavy atom. The molecule has 0 aliphatic heterocycles. The van der Waals surface area contributed by atoms with Crippen LogP contribution in [0.5, 0.6) is 11.5 Å². The number of ketones is 1. The van der Waals surface area contributed by atoms with E-state index in [4.69, 9.17) is 4.74 Å². The van der Waals surface area contributed by atoms with E-state index in [1.807, 2.05) is 25.1 Å². The van der Waals surface area contributed by atoms with Crippen LogP contribution < -0.4 is 4.74 Å². The van der Waals surface area contributed by atoms with E-state index in [2.05, 4.69) is 15.9 Å². The summed E-state index contributed by atoms with van der Waals surface area (Å²) in [7, 11) is 0. The Balaban J connectivity index is 2.18. The zero-order valence-electron chi connectivity index (χ0n) is 10.2. The summed E-state index contributed by atoms with van der Waals surface area (Å²) in [4.78, 5) is 11.2. The van der Waals surface area contributed by atoms with E-state index in [0.29, 0.717) is 5.56 Å². The summed E-state index contributed by atoms with van der Waals surface area (Å²) in [6.45, 7) is 3.56. The number of Topliss-reactive ketones (excluding diaryl/α,β-unsaturated/α-hetero) is 1. The summed E-state index contributed by atoms with van der Waals surface area (Å²) >= 11 is 3.45. The lowest BCUT2D eigenvalue weighted by Crippen LogP contribution is -1.91. The maximum Gasteiger partial charge on any atom is 0.159 e. The largest absolute Gasteiger partial charge is 0.457 e. The highest BCUT2D eigenvalue weighted by Crippen LogP contribution is 2.26. The predicted molar refractivity (Wildman–Crippen MR) is 75.4 cm³/mol. The van der Waals surface area contributed by atoms with E-state index in [0.717, 1.165) is 21.5 Å². The fraction of sp³-hybridized carbons (Fsp3) is 0.133. The maximum atomic E-state index is 11.2. The number of carbonyl (C=O) groups excluding carboxylic acids is 1. The SMILES string of the molecule is CC(=O)c1ccc(Oc2ccc(Br)c(C)c2)cc1. The molecule has 0 heterocycles. The number of rotatable bonds is 3. The van der Waals surface area contributed by atoms with Crippen molar-refractivity contribution in [1.82, 2.24) is 0 Å². The van der Waals surface area contributed by atoms with Crippen LogP contribution in [0.3, 0.4) is 0 Å². The van der Waals surface area contributed by atoms with Crippen molar-refractivity contribution in [3.8, 4) is 11.5 Å². The van der Waals surface area contributed by atoms with Crippen LogP contribution in [0.15, 0.2) is 46.9 Å². The average molecular weight is 305 g/mol. The Bertz CT molecular complexity index is 574. The Hall–Kier alpha value is -1.61. The average Bonchev–Trinajstić information content (AvgIpc) is 2.34. The van der Waals surface area contributed by atoms with Crippen molar-refractivity contribution in [1.29, 1.82) is 0 Å². The number of ether oxygens (including phenoxy) is 1. The molecule has 0 aliphatic rings. The maximum absolute atomic E-state index is 11.2. The molecule has 0 unspecified atom stereocenters. The van der Waals surface area contributed by atoms with Crippen molar-refractivity contribution in [2.75, 3.05) is 0 Å². The van der Waals surface area contributed by atoms with Gasteiger partial charge in [-0.05, 0) is 61.9 Å². The molecule has 2 rings (SSSR count). The van der Waals surface area contributed by atoms with E-state index in [1.54, 1.807) is 31.2 Å². The third-order valence-electron chi connectivity index (χ3n) is 2.63. The van der Waals surface area contributed by atoms with Crippen molar-refractivity contribution in [3.63, 3.8) is 0 Å². The van der Waals surface area contributed by atoms with Gasteiger partial charge in [0.15, 0.2) is 5.78 Å². The van der Waals surface area contributed by atoms with Crippen LogP contribution in [0.25, 0.3) is 0 Å². The number of hydrogen-bond donors (Lipinski definition) is 0. The van der Waals surface area contributed by atoms with Crippen molar-refractivity contribution < 1.29 is 9.53 Å². The van der Waals surface area contributed by atoms with Crippen LogP contribution in [0.4, 0.5) is 0 Å². The molecule has 0 aliphatic carbocycles. The molecule has 0 saturated carbocycles. The molecule has 92 valence electrons. The summed E-state index contributed by atoms with van der Waals surface area (Å²) < 4.78 is 6.77. The van der Waals surface area contributed by atoms with E-state index >= 15 is 0 Å². The standard InChI is InChI=1S/C15H13BrO2/c1-10-9-14(7-8-15(10)16)18-13-5-3-12(4-6-13)11(2)17/h3-9H,1-2H3. The first kappa shape index (κ1) is 12.8. The first-order valence-electron chi connectivity index (χ1n) is 5.61. The zero-order chi connectivity index (χ0) is 13.1. The zero-order valence-corrected chi connectivity index (χ0v) is 11.8. The van der Waals surface area contributed by atoms with Gasteiger partial charge in [0.05, 0.1) is 0 Å². The second kappa shape index (κ2) is 5.36. The van der Waals surface area contributed by atoms with Crippen LogP contribution in [-0.4, -0.2) is 5.78 Å². The number of aryl methyl sites for hydroxylation is 1. The number of benzene rings is 2. The van der Waals surface area contributed by atoms with E-state index in [1.165, 1.54) is 0 Å². The van der Waals surface area contributed by atoms with Crippen LogP contribution >= 0.6 is 15.9 Å². The molecule has 0 saturated heterocycles. The Morgan fingerprint density at radius 2 is 1.67 bits per heavy atom. The van der Waals surface area contributed by atoms with Gasteiger partial charge in [-0.1, -0.05) is 15.9 Å². The first-order valence-corrected chi connectivity index (χ1v) is 6.40. The first-order chi connectivity index (χ1) is 8.56. The number of hydrogen-bond acceptors (Lipinski definition) is 2. The Labute approximate surface area is 115 Å². The van der Waals surface area contributed by atoms with Crippen LogP contribution in [0, 0.1) is 6.92 Å². The Morgan fingerprint density at radius 3 is 2.22 bits per heavy atom. The van der Waals surface area contributed by atoms with Crippen LogP contribution in [0.2, 0.25) is 0 Å². The van der Waals surface area contributed by atoms with Gasteiger partial charge in [0.25, 0.3) is 0 Å². The molecule has 0 spiro atoms. The monoisotopic (exact) mass is 304 g/mol. The minimum Gasteiger partial charge on any atom is -0.457 e. The van der Waals surface area contributed by atoms with Gasteiger partial charge in [-0.25, -0.2) is 0 Å². The van der Waals surface area contributed by atoms with Gasteiger partial charge in [-0.2, -0.15) is 0 Å². The molecule has 0 radical (unpaired) electrons. The molecule has 18 heavy (non-hydrogen) atoms. The van der Waals surface area contributed by atoms with Gasteiger partial charge in [0.1, 0.15) is 11.5 Å². The molecule has 0 aromatic heterocycles. The second-order valence-electron chi connectivity index (χ2n) is 4.09. The third-order valence-corrected chi connectivity index (χ3v) is 3.52. The van der Waals surface area contributed by atoms with Crippen molar-refractivity contribution >= 4 is 21.7 Å². The summed E-state index contributed by atoms with van der Waals surface area (Å²) in [5.41, 5.74) is 1.81. The smallest absolute Gasteiger partial charge is 0.159 e. The third kappa shape index (κ3) is 2.99. The van der Waals surface area contributed by atoms with Gasteiger partial charge in [-0.3, -0.25) is 4.79 Å². The van der Waals surface area contributed by atoms with Crippen molar-refractivity contribution in [2.24, 2.45) is 0 Å². The van der Waals surface area contributed by atoms with E-state index in [-0.39, 0.29) is 5.78 Å². The highest BCUT2D eigenvalue weighted by atomic mass is 79.9. The lowest BCUT2D eigenvalue weighted by Gasteiger charge is -2.07. The van der Waals surface area contributed by atoms with Gasteiger partial charge < -0.3 is 4.74 Å². The molecule has 0 atom stereocenters. The molecular formula is C15H13BrO2. The molecule has 0 bridgehead atoms. The summed E-state index contributed by atoms with van der Waals surface area (Å²) in [6, 6.07) is 12.9.